The summed E-state index contributed by atoms with van der Waals surface area (Å²) in [5.74, 6) is 0.375. The molecule has 0 unspecified atom stereocenters. The predicted octanol–water partition coefficient (Wildman–Crippen LogP) is 4.55. The molecule has 2 aromatic carbocycles. The topological polar surface area (TPSA) is 89.5 Å². The fourth-order valence-electron chi connectivity index (χ4n) is 3.99. The molecule has 0 N–H and O–H groups in total. The molecule has 2 fully saturated rings. The molecule has 2 aliphatic rings. The van der Waals surface area contributed by atoms with E-state index in [1.807, 2.05) is 24.3 Å². The minimum atomic E-state index is -0.345. The van der Waals surface area contributed by atoms with Crippen LogP contribution < -0.4 is 0 Å². The molecule has 8 nitrogen and oxygen atoms in total. The number of hydrogen-bond acceptors (Lipinski definition) is 8. The number of carbonyl (C=O) groups is 2. The zero-order valence-electron chi connectivity index (χ0n) is 21.9. The minimum Gasteiger partial charge on any atom is -0.462 e. The lowest BCUT2D eigenvalue weighted by atomic mass is 10.0. The normalized spacial score (nSPS) is 15.5. The lowest BCUT2D eigenvalue weighted by Crippen LogP contribution is -2.31. The summed E-state index contributed by atoms with van der Waals surface area (Å²) >= 11 is 0. The first-order valence-electron chi connectivity index (χ1n) is 13.5. The Labute approximate surface area is 224 Å². The van der Waals surface area contributed by atoms with E-state index in [-0.39, 0.29) is 11.9 Å². The first-order chi connectivity index (χ1) is 18.7. The van der Waals surface area contributed by atoms with Crippen molar-refractivity contribution in [2.45, 2.75) is 25.7 Å². The summed E-state index contributed by atoms with van der Waals surface area (Å²) in [4.78, 5) is 24.8. The van der Waals surface area contributed by atoms with Crippen molar-refractivity contribution in [3.63, 3.8) is 0 Å². The number of carbonyl (C=O) groups excluding carboxylic acids is 2. The Hall–Kier alpha value is -2.78. The Bertz CT molecular complexity index is 998. The predicted molar refractivity (Wildman–Crippen MR) is 141 cm³/mol. The zero-order valence-corrected chi connectivity index (χ0v) is 21.9. The van der Waals surface area contributed by atoms with Crippen LogP contribution in [0.25, 0.3) is 11.1 Å². The van der Waals surface area contributed by atoms with Crippen molar-refractivity contribution in [2.75, 3.05) is 66.1 Å². The van der Waals surface area contributed by atoms with Gasteiger partial charge in [-0.2, -0.15) is 0 Å². The van der Waals surface area contributed by atoms with Crippen LogP contribution in [0.1, 0.15) is 46.4 Å². The number of esters is 2. The summed E-state index contributed by atoms with van der Waals surface area (Å²) in [5, 5.41) is 0. The number of ether oxygens (including phenoxy) is 6. The van der Waals surface area contributed by atoms with E-state index in [0.29, 0.717) is 49.4 Å². The van der Waals surface area contributed by atoms with Crippen LogP contribution in [-0.2, 0) is 28.4 Å². The van der Waals surface area contributed by atoms with Gasteiger partial charge in [0.1, 0.15) is 0 Å². The lowest BCUT2D eigenvalue weighted by Gasteiger charge is -2.25. The Balaban J connectivity index is 1.12. The van der Waals surface area contributed by atoms with Gasteiger partial charge in [-0.25, -0.2) is 9.59 Å². The van der Waals surface area contributed by atoms with Gasteiger partial charge in [0, 0.05) is 25.0 Å². The lowest BCUT2D eigenvalue weighted by molar-refractivity contribution is -0.0720. The summed E-state index contributed by atoms with van der Waals surface area (Å²) in [6.07, 6.45) is 3.22. The van der Waals surface area contributed by atoms with Gasteiger partial charge in [0.2, 0.25) is 0 Å². The summed E-state index contributed by atoms with van der Waals surface area (Å²) in [5.41, 5.74) is 2.77. The van der Waals surface area contributed by atoms with Crippen LogP contribution in [-0.4, -0.2) is 78.0 Å². The molecule has 206 valence electrons. The minimum absolute atomic E-state index is 0.344. The standard InChI is InChI=1S/C30H38O8/c31-29(37-14-3-1-12-33-17-23-19-35-20-23)26-10-8-25(9-11-26)27-6-5-7-28(16-27)30(32)38-15-4-2-13-34-18-24-21-36-22-24/h5-11,16,23-24H,1-4,12-15,17-22H2. The fourth-order valence-corrected chi connectivity index (χ4v) is 3.99. The molecule has 0 amide bonds. The number of unbranched alkanes of at least 4 members (excludes halogenated alkanes) is 2. The van der Waals surface area contributed by atoms with Crippen LogP contribution in [0.5, 0.6) is 0 Å². The maximum absolute atomic E-state index is 12.5. The van der Waals surface area contributed by atoms with Gasteiger partial charge in [0.05, 0.1) is 64.0 Å². The molecule has 0 aromatic heterocycles. The van der Waals surface area contributed by atoms with E-state index in [1.165, 1.54) is 0 Å². The summed E-state index contributed by atoms with van der Waals surface area (Å²) < 4.78 is 32.3. The Morgan fingerprint density at radius 3 is 1.68 bits per heavy atom. The third kappa shape index (κ3) is 9.20. The molecule has 2 heterocycles. The summed E-state index contributed by atoms with van der Waals surface area (Å²) in [6, 6.07) is 14.5. The molecule has 2 aromatic rings. The Morgan fingerprint density at radius 1 is 0.632 bits per heavy atom. The van der Waals surface area contributed by atoms with Crippen molar-refractivity contribution >= 4 is 11.9 Å². The molecule has 0 atom stereocenters. The van der Waals surface area contributed by atoms with Crippen LogP contribution >= 0.6 is 0 Å². The smallest absolute Gasteiger partial charge is 0.338 e. The second-order valence-electron chi connectivity index (χ2n) is 9.80. The van der Waals surface area contributed by atoms with E-state index < -0.39 is 0 Å². The van der Waals surface area contributed by atoms with Gasteiger partial charge < -0.3 is 28.4 Å². The second-order valence-corrected chi connectivity index (χ2v) is 9.80. The van der Waals surface area contributed by atoms with E-state index in [2.05, 4.69) is 0 Å². The molecule has 4 rings (SSSR count). The molecule has 0 radical (unpaired) electrons. The average molecular weight is 527 g/mol. The van der Waals surface area contributed by atoms with Gasteiger partial charge in [-0.05, 0) is 61.1 Å². The molecule has 38 heavy (non-hydrogen) atoms. The SMILES string of the molecule is O=C(OCCCCOCC1COC1)c1ccc(-c2cccc(C(=O)OCCCCOCC3COC3)c2)cc1. The first kappa shape index (κ1) is 28.2. The van der Waals surface area contributed by atoms with Crippen molar-refractivity contribution in [1.82, 2.24) is 0 Å². The van der Waals surface area contributed by atoms with Gasteiger partial charge >= 0.3 is 11.9 Å². The molecule has 8 heteroatoms. The van der Waals surface area contributed by atoms with Gasteiger partial charge in [-0.1, -0.05) is 24.3 Å². The average Bonchev–Trinajstić information content (AvgIpc) is 2.89. The van der Waals surface area contributed by atoms with E-state index in [4.69, 9.17) is 28.4 Å². The zero-order chi connectivity index (χ0) is 26.4. The molecule has 0 spiro atoms. The Morgan fingerprint density at radius 2 is 1.16 bits per heavy atom. The summed E-state index contributed by atoms with van der Waals surface area (Å²) in [6.45, 7) is 6.71. The van der Waals surface area contributed by atoms with E-state index in [9.17, 15) is 9.59 Å². The van der Waals surface area contributed by atoms with Crippen molar-refractivity contribution in [3.05, 3.63) is 59.7 Å². The number of hydrogen-bond donors (Lipinski definition) is 0. The van der Waals surface area contributed by atoms with Crippen molar-refractivity contribution in [1.29, 1.82) is 0 Å². The molecular weight excluding hydrogens is 488 g/mol. The highest BCUT2D eigenvalue weighted by Gasteiger charge is 2.18. The Kier molecular flexibility index (Phi) is 11.6. The van der Waals surface area contributed by atoms with E-state index in [0.717, 1.165) is 76.5 Å². The molecule has 2 aliphatic heterocycles. The van der Waals surface area contributed by atoms with E-state index in [1.54, 1.807) is 24.3 Å². The van der Waals surface area contributed by atoms with Crippen LogP contribution in [0.15, 0.2) is 48.5 Å². The van der Waals surface area contributed by atoms with E-state index >= 15 is 0 Å². The third-order valence-electron chi connectivity index (χ3n) is 6.51. The number of benzene rings is 2. The van der Waals surface area contributed by atoms with Crippen molar-refractivity contribution in [3.8, 4) is 11.1 Å². The van der Waals surface area contributed by atoms with Gasteiger partial charge in [0.25, 0.3) is 0 Å². The largest absolute Gasteiger partial charge is 0.462 e. The highest BCUT2D eigenvalue weighted by molar-refractivity contribution is 5.92. The van der Waals surface area contributed by atoms with Gasteiger partial charge in [-0.15, -0.1) is 0 Å². The monoisotopic (exact) mass is 526 g/mol. The molecular formula is C30H38O8. The molecule has 2 saturated heterocycles. The highest BCUT2D eigenvalue weighted by atomic mass is 16.5. The second kappa shape index (κ2) is 15.6. The summed E-state index contributed by atoms with van der Waals surface area (Å²) in [7, 11) is 0. The fraction of sp³-hybridized carbons (Fsp3) is 0.533. The first-order valence-corrected chi connectivity index (χ1v) is 13.5. The molecule has 0 saturated carbocycles. The molecule has 0 aliphatic carbocycles. The maximum atomic E-state index is 12.5. The van der Waals surface area contributed by atoms with Crippen molar-refractivity contribution in [2.24, 2.45) is 11.8 Å². The van der Waals surface area contributed by atoms with Gasteiger partial charge in [0.15, 0.2) is 0 Å². The van der Waals surface area contributed by atoms with Crippen LogP contribution in [0.4, 0.5) is 0 Å². The van der Waals surface area contributed by atoms with Gasteiger partial charge in [-0.3, -0.25) is 0 Å². The van der Waals surface area contributed by atoms with Crippen LogP contribution in [0.2, 0.25) is 0 Å². The van der Waals surface area contributed by atoms with Crippen molar-refractivity contribution < 1.29 is 38.0 Å². The molecule has 0 bridgehead atoms. The highest BCUT2D eigenvalue weighted by Crippen LogP contribution is 2.22. The maximum Gasteiger partial charge on any atom is 0.338 e. The quantitative estimate of drug-likeness (QED) is 0.219. The van der Waals surface area contributed by atoms with Crippen LogP contribution in [0, 0.1) is 11.8 Å². The van der Waals surface area contributed by atoms with Crippen LogP contribution in [0.3, 0.4) is 0 Å². The third-order valence-corrected chi connectivity index (χ3v) is 6.51. The number of rotatable bonds is 17.